The minimum atomic E-state index is -0.905. The normalized spacial score (nSPS) is 16.6. The quantitative estimate of drug-likeness (QED) is 0.107. The zero-order chi connectivity index (χ0) is 37.7. The lowest BCUT2D eigenvalue weighted by Crippen LogP contribution is -2.29. The van der Waals surface area contributed by atoms with Gasteiger partial charge in [-0.2, -0.15) is 0 Å². The van der Waals surface area contributed by atoms with E-state index in [1.807, 2.05) is 13.0 Å². The summed E-state index contributed by atoms with van der Waals surface area (Å²) in [5.41, 5.74) is 11.1. The highest BCUT2D eigenvalue weighted by atomic mass is 16.5. The van der Waals surface area contributed by atoms with Gasteiger partial charge in [-0.25, -0.2) is 0 Å². The fraction of sp³-hybridized carbons (Fsp3) is 0.475. The van der Waals surface area contributed by atoms with Gasteiger partial charge in [0.1, 0.15) is 0 Å². The van der Waals surface area contributed by atoms with E-state index in [-0.39, 0.29) is 37.1 Å². The molecule has 0 saturated carbocycles. The van der Waals surface area contributed by atoms with Crippen molar-refractivity contribution in [3.8, 4) is 0 Å². The number of ether oxygens (including phenoxy) is 3. The number of nitrogens with one attached hydrogen (secondary N) is 5. The molecule has 2 unspecified atom stereocenters. The first-order valence-electron chi connectivity index (χ1n) is 18.1. The fourth-order valence-corrected chi connectivity index (χ4v) is 7.59. The van der Waals surface area contributed by atoms with Crippen molar-refractivity contribution in [2.45, 2.75) is 73.6 Å². The van der Waals surface area contributed by atoms with Crippen LogP contribution >= 0.6 is 0 Å². The van der Waals surface area contributed by atoms with Crippen LogP contribution in [0.5, 0.6) is 0 Å². The Kier molecular flexibility index (Phi) is 12.3. The van der Waals surface area contributed by atoms with Crippen molar-refractivity contribution in [2.24, 2.45) is 11.8 Å². The van der Waals surface area contributed by atoms with Gasteiger partial charge < -0.3 is 44.9 Å². The number of aliphatic carboxylic acids is 1. The van der Waals surface area contributed by atoms with Crippen LogP contribution in [0.4, 0.5) is 0 Å². The lowest BCUT2D eigenvalue weighted by atomic mass is 9.85. The maximum atomic E-state index is 14.2. The third kappa shape index (κ3) is 7.83. The molecule has 6 N–H and O–H groups in total. The van der Waals surface area contributed by atoms with Crippen LogP contribution in [0, 0.1) is 32.6 Å². The number of hydrogen-bond acceptors (Lipinski definition) is 7. The van der Waals surface area contributed by atoms with Gasteiger partial charge in [-0.3, -0.25) is 14.4 Å². The summed E-state index contributed by atoms with van der Waals surface area (Å²) >= 11 is 0. The first-order valence-corrected chi connectivity index (χ1v) is 18.1. The van der Waals surface area contributed by atoms with Gasteiger partial charge in [-0.05, 0) is 86.1 Å². The molecule has 5 heterocycles. The summed E-state index contributed by atoms with van der Waals surface area (Å²) in [5, 5.41) is 18.3. The Morgan fingerprint density at radius 3 is 2.23 bits per heavy atom. The van der Waals surface area contributed by atoms with Gasteiger partial charge in [0.05, 0.1) is 44.6 Å². The van der Waals surface area contributed by atoms with Crippen LogP contribution in [0.25, 0.3) is 23.8 Å². The predicted octanol–water partition coefficient (Wildman–Crippen LogP) is 4.12. The van der Waals surface area contributed by atoms with Gasteiger partial charge in [0.2, 0.25) is 0 Å². The van der Waals surface area contributed by atoms with Crippen molar-refractivity contribution in [1.29, 1.82) is 0 Å². The summed E-state index contributed by atoms with van der Waals surface area (Å²) in [6, 6.07) is 0. The first-order chi connectivity index (χ1) is 24.9. The van der Waals surface area contributed by atoms with Crippen molar-refractivity contribution in [3.63, 3.8) is 0 Å². The van der Waals surface area contributed by atoms with Gasteiger partial charge in [0, 0.05) is 76.7 Å². The molecule has 12 nitrogen and oxygen atoms in total. The van der Waals surface area contributed by atoms with Crippen LogP contribution < -0.4 is 21.3 Å². The van der Waals surface area contributed by atoms with E-state index in [2.05, 4.69) is 72.4 Å². The minimum Gasteiger partial charge on any atom is -0.481 e. The first kappa shape index (κ1) is 38.4. The average Bonchev–Trinajstić information content (AvgIpc) is 3.80. The van der Waals surface area contributed by atoms with Crippen molar-refractivity contribution in [2.75, 3.05) is 40.6 Å². The van der Waals surface area contributed by atoms with Crippen molar-refractivity contribution in [3.05, 3.63) is 78.2 Å². The Bertz CT molecular complexity index is 2030. The Hall–Kier alpha value is -4.81. The van der Waals surface area contributed by atoms with Crippen molar-refractivity contribution in [1.82, 2.24) is 25.6 Å². The summed E-state index contributed by atoms with van der Waals surface area (Å²) in [6.07, 6.45) is 8.05. The number of rotatable bonds is 14. The zero-order valence-corrected chi connectivity index (χ0v) is 31.6. The molecule has 0 spiro atoms. The van der Waals surface area contributed by atoms with Gasteiger partial charge in [0.15, 0.2) is 0 Å². The lowest BCUT2D eigenvalue weighted by molar-refractivity contribution is -0.139. The molecule has 0 aliphatic carbocycles. The molecule has 0 radical (unpaired) electrons. The van der Waals surface area contributed by atoms with E-state index < -0.39 is 11.9 Å². The molecular weight excluding hydrogens is 662 g/mol. The molecule has 0 aromatic carbocycles. The zero-order valence-electron chi connectivity index (χ0n) is 31.6. The van der Waals surface area contributed by atoms with E-state index in [1.54, 1.807) is 7.11 Å². The Labute approximate surface area is 304 Å². The third-order valence-corrected chi connectivity index (χ3v) is 10.6. The standard InChI is InChI=1S/C40H53N5O7/c1-9-25-21(3)29-18-31-23(5)27(11-12-35(46)47)38(44-31)28(17-36(48)51-8)39-37(40(49)41-13-14-52-16-15-50-7)24(6)32(45-39)20-34-26(10-2)22(4)30(43-34)19-33(25)42-29/h18-20,23,27,42-45H,9-17H2,1-8H3,(H,41,49)(H,46,47). The van der Waals surface area contributed by atoms with Crippen molar-refractivity contribution < 1.29 is 33.7 Å². The largest absolute Gasteiger partial charge is 0.481 e. The maximum absolute atomic E-state index is 14.2. The highest BCUT2D eigenvalue weighted by Gasteiger charge is 2.37. The Balaban J connectivity index is 1.83. The van der Waals surface area contributed by atoms with Crippen LogP contribution in [0.15, 0.2) is 11.4 Å². The highest BCUT2D eigenvalue weighted by molar-refractivity contribution is 6.03. The van der Waals surface area contributed by atoms with E-state index in [9.17, 15) is 19.5 Å². The summed E-state index contributed by atoms with van der Waals surface area (Å²) in [7, 11) is 2.94. The van der Waals surface area contributed by atoms with Gasteiger partial charge in [0.25, 0.3) is 5.91 Å². The van der Waals surface area contributed by atoms with Gasteiger partial charge >= 0.3 is 11.9 Å². The number of H-pyrrole nitrogens is 3. The van der Waals surface area contributed by atoms with E-state index in [0.29, 0.717) is 60.0 Å². The summed E-state index contributed by atoms with van der Waals surface area (Å²) < 4.78 is 15.9. The minimum absolute atomic E-state index is 0.0626. The number of hydrogen-bond donors (Lipinski definition) is 6. The number of aromatic nitrogens is 3. The summed E-state index contributed by atoms with van der Waals surface area (Å²) in [5.74, 6) is -2.12. The van der Waals surface area contributed by atoms with Gasteiger partial charge in [-0.15, -0.1) is 0 Å². The van der Waals surface area contributed by atoms with Crippen LogP contribution in [0.1, 0.15) is 101 Å². The molecule has 2 atom stereocenters. The fourth-order valence-electron chi connectivity index (χ4n) is 7.59. The number of aromatic amines is 3. The number of esters is 1. The molecule has 2 aliphatic heterocycles. The van der Waals surface area contributed by atoms with Crippen LogP contribution in [0.2, 0.25) is 0 Å². The lowest BCUT2D eigenvalue weighted by Gasteiger charge is -2.19. The monoisotopic (exact) mass is 715 g/mol. The predicted molar refractivity (Wildman–Crippen MR) is 201 cm³/mol. The van der Waals surface area contributed by atoms with Crippen molar-refractivity contribution >= 4 is 41.6 Å². The number of carboxylic acids is 1. The number of fused-ring (bicyclic) bond motifs is 8. The Morgan fingerprint density at radius 1 is 0.846 bits per heavy atom. The van der Waals surface area contributed by atoms with Crippen LogP contribution in [0.3, 0.4) is 0 Å². The molecule has 3 aromatic rings. The van der Waals surface area contributed by atoms with E-state index in [0.717, 1.165) is 57.3 Å². The second-order valence-corrected chi connectivity index (χ2v) is 13.6. The molecule has 5 rings (SSSR count). The second kappa shape index (κ2) is 16.7. The molecule has 1 amide bonds. The molecule has 12 heteroatoms. The summed E-state index contributed by atoms with van der Waals surface area (Å²) in [6.45, 7) is 13.9. The molecule has 1 fully saturated rings. The van der Waals surface area contributed by atoms with E-state index in [4.69, 9.17) is 14.2 Å². The topological polar surface area (TPSA) is 171 Å². The molecule has 1 saturated heterocycles. The summed E-state index contributed by atoms with van der Waals surface area (Å²) in [4.78, 5) is 50.2. The van der Waals surface area contributed by atoms with Gasteiger partial charge in [-0.1, -0.05) is 20.8 Å². The number of amides is 1. The van der Waals surface area contributed by atoms with E-state index >= 15 is 0 Å². The molecular formula is C40H53N5O7. The number of carbonyl (C=O) groups is 3. The number of carbonyl (C=O) groups excluding carboxylic acids is 2. The highest BCUT2D eigenvalue weighted by Crippen LogP contribution is 2.43. The molecule has 3 aromatic heterocycles. The van der Waals surface area contributed by atoms with Crippen LogP contribution in [-0.4, -0.2) is 78.5 Å². The second-order valence-electron chi connectivity index (χ2n) is 13.6. The van der Waals surface area contributed by atoms with E-state index in [1.165, 1.54) is 12.7 Å². The number of allylic oxidation sites excluding steroid dienone is 2. The molecule has 280 valence electrons. The Morgan fingerprint density at radius 2 is 1.56 bits per heavy atom. The number of methoxy groups -OCH3 is 2. The molecule has 8 bridgehead atoms. The molecule has 52 heavy (non-hydrogen) atoms. The number of carboxylic acid groups (broad SMARTS) is 1. The average molecular weight is 716 g/mol. The molecule has 2 aliphatic rings. The maximum Gasteiger partial charge on any atom is 0.310 e. The third-order valence-electron chi connectivity index (χ3n) is 10.6. The van der Waals surface area contributed by atoms with Crippen LogP contribution in [-0.2, 0) is 36.6 Å². The SMILES string of the molecule is CCc1c2[nH]c(c1C)C=C1NC(=C(CC(=O)OC)c3[nH]c(c(C)c3C(=O)NCCOCCOC)C=c3[nH]c(c(C)c3CC)=C2)C(CCC(=O)O)C1C. The smallest absolute Gasteiger partial charge is 0.310 e.